The van der Waals surface area contributed by atoms with E-state index in [1.807, 2.05) is 24.3 Å². The maximum absolute atomic E-state index is 4.80. The van der Waals surface area contributed by atoms with Crippen molar-refractivity contribution in [2.75, 3.05) is 17.7 Å². The van der Waals surface area contributed by atoms with Gasteiger partial charge in [0.2, 0.25) is 0 Å². The number of thioether (sulfide) groups is 1. The second kappa shape index (κ2) is 7.30. The van der Waals surface area contributed by atoms with Crippen molar-refractivity contribution in [1.29, 1.82) is 0 Å². The maximum atomic E-state index is 4.80. The van der Waals surface area contributed by atoms with E-state index in [2.05, 4.69) is 47.0 Å². The first-order valence-electron chi connectivity index (χ1n) is 8.61. The molecule has 3 heterocycles. The highest BCUT2D eigenvalue weighted by Gasteiger charge is 2.22. The van der Waals surface area contributed by atoms with Gasteiger partial charge in [-0.2, -0.15) is 0 Å². The molecule has 130 valence electrons. The molecule has 0 fully saturated rings. The van der Waals surface area contributed by atoms with Gasteiger partial charge in [-0.05, 0) is 48.7 Å². The smallest absolute Gasteiger partial charge is 0.178 e. The van der Waals surface area contributed by atoms with E-state index in [1.54, 1.807) is 18.0 Å². The number of nitrogens with zero attached hydrogens (tertiary/aromatic N) is 4. The lowest BCUT2D eigenvalue weighted by molar-refractivity contribution is 0.704. The van der Waals surface area contributed by atoms with Crippen LogP contribution in [0.15, 0.2) is 60.1 Å². The summed E-state index contributed by atoms with van der Waals surface area (Å²) in [4.78, 5) is 17.5. The lowest BCUT2D eigenvalue weighted by Crippen LogP contribution is -2.32. The Morgan fingerprint density at radius 1 is 1.12 bits per heavy atom. The highest BCUT2D eigenvalue weighted by Crippen LogP contribution is 2.28. The van der Waals surface area contributed by atoms with E-state index in [4.69, 9.17) is 9.97 Å². The predicted molar refractivity (Wildman–Crippen MR) is 108 cm³/mol. The molecule has 0 atom stereocenters. The lowest BCUT2D eigenvalue weighted by Gasteiger charge is -2.31. The van der Waals surface area contributed by atoms with Gasteiger partial charge in [-0.3, -0.25) is 4.98 Å². The molecule has 0 amide bonds. The Morgan fingerprint density at radius 2 is 1.96 bits per heavy atom. The largest absolute Gasteiger partial charge is 0.367 e. The molecule has 4 nitrogen and oxygen atoms in total. The zero-order valence-electron chi connectivity index (χ0n) is 14.7. The van der Waals surface area contributed by atoms with Crippen molar-refractivity contribution in [3.05, 3.63) is 72.2 Å². The van der Waals surface area contributed by atoms with Crippen LogP contribution in [0.2, 0.25) is 0 Å². The van der Waals surface area contributed by atoms with Crippen LogP contribution in [0.3, 0.4) is 0 Å². The Hall–Kier alpha value is -2.66. The fourth-order valence-electron chi connectivity index (χ4n) is 3.23. The van der Waals surface area contributed by atoms with Crippen LogP contribution in [0, 0.1) is 0 Å². The minimum atomic E-state index is 0.678. The summed E-state index contributed by atoms with van der Waals surface area (Å²) in [7, 11) is 0. The van der Waals surface area contributed by atoms with Crippen LogP contribution in [0.4, 0.5) is 5.69 Å². The third kappa shape index (κ3) is 3.22. The van der Waals surface area contributed by atoms with Crippen LogP contribution in [0.5, 0.6) is 0 Å². The average Bonchev–Trinajstić information content (AvgIpc) is 2.73. The summed E-state index contributed by atoms with van der Waals surface area (Å²) < 4.78 is 0. The maximum Gasteiger partial charge on any atom is 0.178 e. The molecule has 4 rings (SSSR count). The van der Waals surface area contributed by atoms with Crippen molar-refractivity contribution >= 4 is 23.5 Å². The van der Waals surface area contributed by atoms with Gasteiger partial charge in [0, 0.05) is 41.9 Å². The third-order valence-corrected chi connectivity index (χ3v) is 5.36. The summed E-state index contributed by atoms with van der Waals surface area (Å²) >= 11 is 1.76. The Kier molecular flexibility index (Phi) is 4.71. The molecule has 2 aromatic heterocycles. The van der Waals surface area contributed by atoms with Crippen molar-refractivity contribution in [1.82, 2.24) is 15.0 Å². The fraction of sp³-hybridized carbons (Fsp3) is 0.190. The van der Waals surface area contributed by atoms with E-state index < -0.39 is 0 Å². The number of aromatic nitrogens is 3. The monoisotopic (exact) mass is 360 g/mol. The van der Waals surface area contributed by atoms with Gasteiger partial charge in [-0.1, -0.05) is 12.6 Å². The van der Waals surface area contributed by atoms with Gasteiger partial charge in [0.05, 0.1) is 11.4 Å². The highest BCUT2D eigenvalue weighted by atomic mass is 32.2. The van der Waals surface area contributed by atoms with Gasteiger partial charge in [-0.25, -0.2) is 9.97 Å². The highest BCUT2D eigenvalue weighted by molar-refractivity contribution is 7.98. The molecule has 5 heteroatoms. The van der Waals surface area contributed by atoms with E-state index in [0.29, 0.717) is 5.82 Å². The summed E-state index contributed by atoms with van der Waals surface area (Å²) in [5.41, 5.74) is 5.21. The minimum absolute atomic E-state index is 0.678. The second-order valence-electron chi connectivity index (χ2n) is 6.15. The van der Waals surface area contributed by atoms with Gasteiger partial charge >= 0.3 is 0 Å². The van der Waals surface area contributed by atoms with E-state index in [1.165, 1.54) is 16.1 Å². The summed E-state index contributed by atoms with van der Waals surface area (Å²) in [5, 5.41) is 0. The van der Waals surface area contributed by atoms with E-state index >= 15 is 0 Å². The van der Waals surface area contributed by atoms with Gasteiger partial charge < -0.3 is 4.90 Å². The van der Waals surface area contributed by atoms with Crippen molar-refractivity contribution in [3.8, 4) is 11.5 Å². The first kappa shape index (κ1) is 16.8. The molecular weight excluding hydrogens is 340 g/mol. The van der Waals surface area contributed by atoms with Crippen LogP contribution < -0.4 is 4.90 Å². The van der Waals surface area contributed by atoms with Crippen molar-refractivity contribution in [2.45, 2.75) is 17.9 Å². The van der Waals surface area contributed by atoms with E-state index in [-0.39, 0.29) is 0 Å². The summed E-state index contributed by atoms with van der Waals surface area (Å²) in [6, 6.07) is 14.5. The Morgan fingerprint density at radius 3 is 2.65 bits per heavy atom. The quantitative estimate of drug-likeness (QED) is 0.642. The van der Waals surface area contributed by atoms with Crippen molar-refractivity contribution in [2.24, 2.45) is 0 Å². The fourth-order valence-corrected chi connectivity index (χ4v) is 3.64. The molecule has 3 aromatic rings. The summed E-state index contributed by atoms with van der Waals surface area (Å²) in [6.45, 7) is 5.71. The summed E-state index contributed by atoms with van der Waals surface area (Å²) in [6.07, 6.45) is 6.58. The number of benzene rings is 1. The molecule has 26 heavy (non-hydrogen) atoms. The Labute approximate surface area is 158 Å². The first-order valence-corrected chi connectivity index (χ1v) is 9.83. The van der Waals surface area contributed by atoms with Gasteiger partial charge in [0.1, 0.15) is 5.69 Å². The topological polar surface area (TPSA) is 41.9 Å². The van der Waals surface area contributed by atoms with E-state index in [9.17, 15) is 0 Å². The molecule has 0 aliphatic carbocycles. The Bertz CT molecular complexity index is 923. The number of fused-ring (bicyclic) bond motifs is 1. The summed E-state index contributed by atoms with van der Waals surface area (Å²) in [5.74, 6) is 0.678. The molecule has 0 bridgehead atoms. The lowest BCUT2D eigenvalue weighted by atomic mass is 10.0. The van der Waals surface area contributed by atoms with E-state index in [0.717, 1.165) is 36.6 Å². The van der Waals surface area contributed by atoms with Crippen LogP contribution >= 0.6 is 11.8 Å². The van der Waals surface area contributed by atoms with Crippen molar-refractivity contribution in [3.63, 3.8) is 0 Å². The van der Waals surface area contributed by atoms with Crippen molar-refractivity contribution < 1.29 is 0 Å². The first-order chi connectivity index (χ1) is 12.8. The molecule has 1 aromatic carbocycles. The van der Waals surface area contributed by atoms with Gasteiger partial charge in [0.25, 0.3) is 0 Å². The zero-order chi connectivity index (χ0) is 17.9. The number of rotatable bonds is 4. The molecule has 0 saturated carbocycles. The van der Waals surface area contributed by atoms with Crippen LogP contribution in [0.1, 0.15) is 17.0 Å². The number of hydrogen-bond acceptors (Lipinski definition) is 5. The molecule has 0 radical (unpaired) electrons. The third-order valence-electron chi connectivity index (χ3n) is 4.62. The molecular formula is C21H20N4S. The van der Waals surface area contributed by atoms with Crippen LogP contribution in [-0.2, 0) is 13.0 Å². The molecule has 0 spiro atoms. The second-order valence-corrected chi connectivity index (χ2v) is 7.03. The number of anilines is 1. The molecule has 0 unspecified atom stereocenters. The zero-order valence-corrected chi connectivity index (χ0v) is 15.5. The number of hydrogen-bond donors (Lipinski definition) is 0. The Balaban J connectivity index is 1.67. The SMILES string of the molecule is C=Cc1nc(-c2ccccn2)nc2c1CN(c1ccc(SC)cc1)CC2. The van der Waals surface area contributed by atoms with Gasteiger partial charge in [-0.15, -0.1) is 11.8 Å². The minimum Gasteiger partial charge on any atom is -0.367 e. The molecule has 1 aliphatic rings. The molecule has 1 aliphatic heterocycles. The normalized spacial score (nSPS) is 13.3. The predicted octanol–water partition coefficient (Wildman–Crippen LogP) is 4.47. The average molecular weight is 360 g/mol. The molecule has 0 saturated heterocycles. The molecule has 0 N–H and O–H groups in total. The van der Waals surface area contributed by atoms with Gasteiger partial charge in [0.15, 0.2) is 5.82 Å². The van der Waals surface area contributed by atoms with Crippen LogP contribution in [0.25, 0.3) is 17.6 Å². The van der Waals surface area contributed by atoms with Crippen LogP contribution in [-0.4, -0.2) is 27.8 Å². The standard InChI is InChI=1S/C21H20N4S/c1-3-18-17-14-25(15-7-9-16(26-2)10-8-15)13-11-19(17)24-21(23-18)20-6-4-5-12-22-20/h3-10,12H,1,11,13-14H2,2H3. The number of pyridine rings is 1.